The zero-order valence-electron chi connectivity index (χ0n) is 8.89. The fraction of sp³-hybridized carbons (Fsp3) is 0.333. The van der Waals surface area contributed by atoms with Crippen LogP contribution in [0.4, 0.5) is 0 Å². The Kier molecular flexibility index (Phi) is 2.34. The van der Waals surface area contributed by atoms with Crippen LogP contribution in [-0.4, -0.2) is 29.3 Å². The predicted octanol–water partition coefficient (Wildman–Crippen LogP) is -0.124. The number of aromatic nitrogens is 3. The lowest BCUT2D eigenvalue weighted by Crippen LogP contribution is -2.16. The van der Waals surface area contributed by atoms with E-state index in [0.717, 1.165) is 11.9 Å². The Balaban J connectivity index is 2.62. The van der Waals surface area contributed by atoms with Crippen LogP contribution in [0.15, 0.2) is 16.9 Å². The summed E-state index contributed by atoms with van der Waals surface area (Å²) in [4.78, 5) is 15.7. The third kappa shape index (κ3) is 2.13. The molecule has 2 heterocycles. The lowest BCUT2D eigenvalue weighted by Gasteiger charge is -1.98. The van der Waals surface area contributed by atoms with Crippen molar-refractivity contribution >= 4 is 15.5 Å². The summed E-state index contributed by atoms with van der Waals surface area (Å²) in [7, 11) is -3.18. The molecule has 6 nitrogen and oxygen atoms in total. The van der Waals surface area contributed by atoms with Crippen molar-refractivity contribution in [3.8, 4) is 0 Å². The molecule has 0 unspecified atom stereocenters. The Morgan fingerprint density at radius 3 is 2.75 bits per heavy atom. The number of aryl methyl sites for hydroxylation is 1. The van der Waals surface area contributed by atoms with Crippen molar-refractivity contribution < 1.29 is 8.42 Å². The number of nitrogens with zero attached hydrogens (tertiary/aromatic N) is 2. The van der Waals surface area contributed by atoms with E-state index in [1.807, 2.05) is 0 Å². The highest BCUT2D eigenvalue weighted by molar-refractivity contribution is 7.89. The summed E-state index contributed by atoms with van der Waals surface area (Å²) in [5.41, 5.74) is 1.19. The first-order valence-corrected chi connectivity index (χ1v) is 6.67. The Morgan fingerprint density at radius 2 is 2.12 bits per heavy atom. The fourth-order valence-electron chi connectivity index (χ4n) is 1.50. The van der Waals surface area contributed by atoms with E-state index in [9.17, 15) is 13.2 Å². The molecule has 0 radical (unpaired) electrons. The van der Waals surface area contributed by atoms with Crippen LogP contribution >= 0.6 is 0 Å². The third-order valence-corrected chi connectivity index (χ3v) is 2.86. The molecule has 0 amide bonds. The van der Waals surface area contributed by atoms with Crippen LogP contribution in [-0.2, 0) is 15.6 Å². The topological polar surface area (TPSA) is 84.3 Å². The zero-order valence-corrected chi connectivity index (χ0v) is 9.71. The van der Waals surface area contributed by atoms with Crippen LogP contribution < -0.4 is 5.56 Å². The monoisotopic (exact) mass is 241 g/mol. The molecular formula is C9H11N3O3S. The molecule has 2 aromatic heterocycles. The first-order valence-electron chi connectivity index (χ1n) is 4.61. The first-order chi connectivity index (χ1) is 7.35. The van der Waals surface area contributed by atoms with Crippen LogP contribution in [0.2, 0.25) is 0 Å². The van der Waals surface area contributed by atoms with Crippen LogP contribution in [0, 0.1) is 6.92 Å². The van der Waals surface area contributed by atoms with Crippen molar-refractivity contribution in [1.29, 1.82) is 0 Å². The van der Waals surface area contributed by atoms with Crippen molar-refractivity contribution in [2.24, 2.45) is 0 Å². The van der Waals surface area contributed by atoms with Gasteiger partial charge in [-0.3, -0.25) is 9.89 Å². The van der Waals surface area contributed by atoms with Crippen LogP contribution in [0.25, 0.3) is 5.65 Å². The van der Waals surface area contributed by atoms with Crippen molar-refractivity contribution in [3.05, 3.63) is 33.9 Å². The molecule has 0 aliphatic rings. The molecule has 0 fully saturated rings. The first kappa shape index (κ1) is 10.9. The summed E-state index contributed by atoms with van der Waals surface area (Å²) >= 11 is 0. The van der Waals surface area contributed by atoms with Crippen LogP contribution in [0.3, 0.4) is 0 Å². The molecule has 0 aliphatic heterocycles. The summed E-state index contributed by atoms with van der Waals surface area (Å²) < 4.78 is 23.5. The number of sulfone groups is 1. The molecule has 1 N–H and O–H groups in total. The van der Waals surface area contributed by atoms with Crippen LogP contribution in [0.1, 0.15) is 11.4 Å². The maximum atomic E-state index is 11.6. The van der Waals surface area contributed by atoms with Gasteiger partial charge in [0, 0.05) is 24.1 Å². The number of fused-ring (bicyclic) bond motifs is 1. The second-order valence-electron chi connectivity index (χ2n) is 3.79. The molecule has 0 aromatic carbocycles. The smallest absolute Gasteiger partial charge is 0.272 e. The van der Waals surface area contributed by atoms with Gasteiger partial charge in [-0.25, -0.2) is 17.9 Å². The lowest BCUT2D eigenvalue weighted by molar-refractivity contribution is 0.600. The summed E-state index contributed by atoms with van der Waals surface area (Å²) in [5.74, 6) is -0.219. The number of rotatable bonds is 2. The molecule has 7 heteroatoms. The molecule has 0 bridgehead atoms. The van der Waals surface area contributed by atoms with Gasteiger partial charge in [-0.1, -0.05) is 0 Å². The van der Waals surface area contributed by atoms with E-state index in [1.54, 1.807) is 13.0 Å². The van der Waals surface area contributed by atoms with Gasteiger partial charge in [0.2, 0.25) is 0 Å². The van der Waals surface area contributed by atoms with E-state index < -0.39 is 9.84 Å². The number of hydrogen-bond acceptors (Lipinski definition) is 4. The Hall–Kier alpha value is -1.63. The van der Waals surface area contributed by atoms with E-state index in [4.69, 9.17) is 0 Å². The highest BCUT2D eigenvalue weighted by atomic mass is 32.2. The average Bonchev–Trinajstić information content (AvgIpc) is 2.42. The molecule has 0 saturated carbocycles. The minimum Gasteiger partial charge on any atom is -0.294 e. The molecule has 0 aliphatic carbocycles. The number of nitrogens with one attached hydrogen (secondary N) is 1. The minimum absolute atomic E-state index is 0.219. The van der Waals surface area contributed by atoms with E-state index in [0.29, 0.717) is 5.65 Å². The van der Waals surface area contributed by atoms with Gasteiger partial charge in [-0.2, -0.15) is 0 Å². The van der Waals surface area contributed by atoms with Gasteiger partial charge in [-0.05, 0) is 6.92 Å². The molecule has 0 saturated heterocycles. The van der Waals surface area contributed by atoms with E-state index >= 15 is 0 Å². The second-order valence-corrected chi connectivity index (χ2v) is 5.93. The van der Waals surface area contributed by atoms with Crippen LogP contribution in [0.5, 0.6) is 0 Å². The SMILES string of the molecule is Cc1cc2nc(CS(C)(=O)=O)cc(=O)n2[nH]1. The number of hydrogen-bond donors (Lipinski definition) is 1. The molecule has 16 heavy (non-hydrogen) atoms. The summed E-state index contributed by atoms with van der Waals surface area (Å²) in [6, 6.07) is 2.91. The van der Waals surface area contributed by atoms with Crippen molar-refractivity contribution in [2.75, 3.05) is 6.26 Å². The van der Waals surface area contributed by atoms with Crippen molar-refractivity contribution in [1.82, 2.24) is 14.6 Å². The lowest BCUT2D eigenvalue weighted by atomic mass is 10.4. The van der Waals surface area contributed by atoms with Gasteiger partial charge in [0.25, 0.3) is 5.56 Å². The minimum atomic E-state index is -3.18. The maximum absolute atomic E-state index is 11.6. The second kappa shape index (κ2) is 3.44. The molecule has 2 aromatic rings. The number of aromatic amines is 1. The van der Waals surface area contributed by atoms with E-state index in [2.05, 4.69) is 10.1 Å². The van der Waals surface area contributed by atoms with Gasteiger partial charge >= 0.3 is 0 Å². The largest absolute Gasteiger partial charge is 0.294 e. The molecule has 2 rings (SSSR count). The average molecular weight is 241 g/mol. The fourth-order valence-corrected chi connectivity index (χ4v) is 2.19. The van der Waals surface area contributed by atoms with Gasteiger partial charge in [-0.15, -0.1) is 0 Å². The Bertz CT molecular complexity index is 696. The molecular weight excluding hydrogens is 230 g/mol. The standard InChI is InChI=1S/C9H11N3O3S/c1-6-3-8-10-7(5-16(2,14)15)4-9(13)12(8)11-6/h3-4,11H,5H2,1-2H3. The third-order valence-electron chi connectivity index (χ3n) is 2.04. The normalized spacial score (nSPS) is 12.1. The highest BCUT2D eigenvalue weighted by Crippen LogP contribution is 2.04. The van der Waals surface area contributed by atoms with Gasteiger partial charge in [0.15, 0.2) is 15.5 Å². The van der Waals surface area contributed by atoms with Crippen molar-refractivity contribution in [3.63, 3.8) is 0 Å². The molecule has 86 valence electrons. The summed E-state index contributed by atoms with van der Waals surface area (Å²) in [6.45, 7) is 1.80. The highest BCUT2D eigenvalue weighted by Gasteiger charge is 2.09. The van der Waals surface area contributed by atoms with Crippen molar-refractivity contribution in [2.45, 2.75) is 12.7 Å². The van der Waals surface area contributed by atoms with Gasteiger partial charge < -0.3 is 0 Å². The quantitative estimate of drug-likeness (QED) is 0.794. The van der Waals surface area contributed by atoms with E-state index in [-0.39, 0.29) is 17.0 Å². The summed E-state index contributed by atoms with van der Waals surface area (Å²) in [5, 5.41) is 2.81. The molecule has 0 spiro atoms. The van der Waals surface area contributed by atoms with Gasteiger partial charge in [0.05, 0.1) is 11.4 Å². The zero-order chi connectivity index (χ0) is 11.9. The Labute approximate surface area is 91.8 Å². The number of H-pyrrole nitrogens is 1. The molecule has 0 atom stereocenters. The maximum Gasteiger partial charge on any atom is 0.272 e. The van der Waals surface area contributed by atoms with E-state index in [1.165, 1.54) is 10.6 Å². The van der Waals surface area contributed by atoms with Gasteiger partial charge in [0.1, 0.15) is 0 Å². The predicted molar refractivity (Wildman–Crippen MR) is 59.1 cm³/mol. The Morgan fingerprint density at radius 1 is 1.44 bits per heavy atom. The summed E-state index contributed by atoms with van der Waals surface area (Å²) in [6.07, 6.45) is 1.11.